The predicted octanol–water partition coefficient (Wildman–Crippen LogP) is 1.11. The van der Waals surface area contributed by atoms with Gasteiger partial charge in [0.05, 0.1) is 13.0 Å². The van der Waals surface area contributed by atoms with Crippen LogP contribution in [0.15, 0.2) is 12.1 Å². The molecule has 0 bridgehead atoms. The van der Waals surface area contributed by atoms with Crippen LogP contribution in [-0.4, -0.2) is 17.5 Å². The lowest BCUT2D eigenvalue weighted by molar-refractivity contribution is -0.116. The van der Waals surface area contributed by atoms with Crippen LogP contribution in [0.2, 0.25) is 0 Å². The molecule has 13 heavy (non-hydrogen) atoms. The second-order valence-corrected chi connectivity index (χ2v) is 2.95. The van der Waals surface area contributed by atoms with Gasteiger partial charge in [-0.15, -0.1) is 0 Å². The molecule has 1 aliphatic rings. The van der Waals surface area contributed by atoms with Gasteiger partial charge in [-0.25, -0.2) is 4.98 Å². The third-order valence-electron chi connectivity index (χ3n) is 1.84. The van der Waals surface area contributed by atoms with Crippen LogP contribution >= 0.6 is 0 Å². The van der Waals surface area contributed by atoms with E-state index in [0.29, 0.717) is 24.6 Å². The Bertz CT molecular complexity index is 349. The first-order chi connectivity index (χ1) is 6.25. The fourth-order valence-electron chi connectivity index (χ4n) is 1.19. The number of nitrogens with one attached hydrogen (secondary N) is 1. The SMILES string of the molecule is Cc1ccc2c(n1)OCCC(=O)N2. The van der Waals surface area contributed by atoms with E-state index in [0.717, 1.165) is 5.69 Å². The number of aryl methyl sites for hydroxylation is 1. The third kappa shape index (κ3) is 1.61. The largest absolute Gasteiger partial charge is 0.476 e. The lowest BCUT2D eigenvalue weighted by atomic mass is 10.3. The predicted molar refractivity (Wildman–Crippen MR) is 47.7 cm³/mol. The van der Waals surface area contributed by atoms with Crippen molar-refractivity contribution < 1.29 is 9.53 Å². The van der Waals surface area contributed by atoms with Crippen LogP contribution in [0.1, 0.15) is 12.1 Å². The zero-order valence-electron chi connectivity index (χ0n) is 7.33. The zero-order valence-corrected chi connectivity index (χ0v) is 7.33. The topological polar surface area (TPSA) is 51.2 Å². The number of pyridine rings is 1. The van der Waals surface area contributed by atoms with Crippen molar-refractivity contribution >= 4 is 11.6 Å². The number of carbonyl (C=O) groups is 1. The van der Waals surface area contributed by atoms with E-state index in [2.05, 4.69) is 10.3 Å². The average Bonchev–Trinajstić information content (AvgIpc) is 2.25. The van der Waals surface area contributed by atoms with E-state index in [-0.39, 0.29) is 5.91 Å². The number of amides is 1. The number of fused-ring (bicyclic) bond motifs is 1. The molecule has 68 valence electrons. The van der Waals surface area contributed by atoms with Crippen molar-refractivity contribution in [2.24, 2.45) is 0 Å². The molecule has 0 unspecified atom stereocenters. The second-order valence-electron chi connectivity index (χ2n) is 2.95. The monoisotopic (exact) mass is 178 g/mol. The summed E-state index contributed by atoms with van der Waals surface area (Å²) in [7, 11) is 0. The van der Waals surface area contributed by atoms with E-state index in [4.69, 9.17) is 4.74 Å². The molecule has 0 fully saturated rings. The van der Waals surface area contributed by atoms with Gasteiger partial charge in [-0.2, -0.15) is 0 Å². The Morgan fingerprint density at radius 2 is 2.38 bits per heavy atom. The van der Waals surface area contributed by atoms with Crippen molar-refractivity contribution in [3.63, 3.8) is 0 Å². The summed E-state index contributed by atoms with van der Waals surface area (Å²) in [5.74, 6) is 0.496. The van der Waals surface area contributed by atoms with Crippen LogP contribution in [0.5, 0.6) is 5.88 Å². The maximum Gasteiger partial charge on any atom is 0.238 e. The summed E-state index contributed by atoms with van der Waals surface area (Å²) in [6.45, 7) is 2.28. The molecule has 0 aromatic carbocycles. The summed E-state index contributed by atoms with van der Waals surface area (Å²) in [6, 6.07) is 3.65. The Labute approximate surface area is 75.9 Å². The van der Waals surface area contributed by atoms with Gasteiger partial charge >= 0.3 is 0 Å². The lowest BCUT2D eigenvalue weighted by Crippen LogP contribution is -2.10. The quantitative estimate of drug-likeness (QED) is 0.647. The maximum atomic E-state index is 11.1. The Kier molecular flexibility index (Phi) is 1.88. The molecule has 2 rings (SSSR count). The third-order valence-corrected chi connectivity index (χ3v) is 1.84. The van der Waals surface area contributed by atoms with Crippen LogP contribution in [0, 0.1) is 6.92 Å². The van der Waals surface area contributed by atoms with Crippen LogP contribution in [0.3, 0.4) is 0 Å². The van der Waals surface area contributed by atoms with Crippen LogP contribution in [0.4, 0.5) is 5.69 Å². The van der Waals surface area contributed by atoms with E-state index >= 15 is 0 Å². The van der Waals surface area contributed by atoms with Crippen molar-refractivity contribution in [1.82, 2.24) is 4.98 Å². The molecule has 1 aromatic heterocycles. The molecule has 1 N–H and O–H groups in total. The van der Waals surface area contributed by atoms with Gasteiger partial charge in [-0.1, -0.05) is 0 Å². The van der Waals surface area contributed by atoms with E-state index in [9.17, 15) is 4.79 Å². The number of hydrogen-bond donors (Lipinski definition) is 1. The fraction of sp³-hybridized carbons (Fsp3) is 0.333. The highest BCUT2D eigenvalue weighted by molar-refractivity contribution is 5.92. The van der Waals surface area contributed by atoms with Gasteiger partial charge in [0.25, 0.3) is 0 Å². The molecular weight excluding hydrogens is 168 g/mol. The molecule has 1 amide bonds. The first-order valence-corrected chi connectivity index (χ1v) is 4.16. The first kappa shape index (κ1) is 8.04. The molecule has 4 heteroatoms. The van der Waals surface area contributed by atoms with Gasteiger partial charge < -0.3 is 10.1 Å². The molecule has 1 aliphatic heterocycles. The standard InChI is InChI=1S/C9H10N2O2/c1-6-2-3-7-9(10-6)13-5-4-8(12)11-7/h2-3H,4-5H2,1H3,(H,11,12). The lowest BCUT2D eigenvalue weighted by Gasteiger charge is -2.05. The first-order valence-electron chi connectivity index (χ1n) is 4.16. The minimum absolute atomic E-state index is 0.0237. The molecular formula is C9H10N2O2. The van der Waals surface area contributed by atoms with Crippen molar-refractivity contribution in [1.29, 1.82) is 0 Å². The molecule has 0 atom stereocenters. The zero-order chi connectivity index (χ0) is 9.26. The Hall–Kier alpha value is -1.58. The van der Waals surface area contributed by atoms with E-state index in [1.54, 1.807) is 6.07 Å². The number of nitrogens with zero attached hydrogens (tertiary/aromatic N) is 1. The summed E-state index contributed by atoms with van der Waals surface area (Å²) >= 11 is 0. The normalized spacial score (nSPS) is 15.3. The van der Waals surface area contributed by atoms with Crippen LogP contribution < -0.4 is 10.1 Å². The summed E-state index contributed by atoms with van der Waals surface area (Å²) in [5.41, 5.74) is 1.54. The molecule has 0 radical (unpaired) electrons. The molecule has 0 saturated heterocycles. The smallest absolute Gasteiger partial charge is 0.238 e. The van der Waals surface area contributed by atoms with Gasteiger partial charge in [0, 0.05) is 5.69 Å². The maximum absolute atomic E-state index is 11.1. The van der Waals surface area contributed by atoms with Gasteiger partial charge in [-0.3, -0.25) is 4.79 Å². The van der Waals surface area contributed by atoms with Crippen LogP contribution in [-0.2, 0) is 4.79 Å². The van der Waals surface area contributed by atoms with Gasteiger partial charge in [0.1, 0.15) is 5.69 Å². The van der Waals surface area contributed by atoms with Crippen LogP contribution in [0.25, 0.3) is 0 Å². The van der Waals surface area contributed by atoms with Gasteiger partial charge in [-0.05, 0) is 19.1 Å². The van der Waals surface area contributed by atoms with E-state index in [1.807, 2.05) is 13.0 Å². The summed E-state index contributed by atoms with van der Waals surface area (Å²) < 4.78 is 5.31. The van der Waals surface area contributed by atoms with Crippen molar-refractivity contribution in [3.05, 3.63) is 17.8 Å². The molecule has 0 saturated carbocycles. The second kappa shape index (κ2) is 3.05. The van der Waals surface area contributed by atoms with Crippen molar-refractivity contribution in [2.45, 2.75) is 13.3 Å². The Balaban J connectivity index is 2.40. The number of aromatic nitrogens is 1. The average molecular weight is 178 g/mol. The van der Waals surface area contributed by atoms with E-state index in [1.165, 1.54) is 0 Å². The minimum Gasteiger partial charge on any atom is -0.476 e. The van der Waals surface area contributed by atoms with Crippen molar-refractivity contribution in [3.8, 4) is 5.88 Å². The van der Waals surface area contributed by atoms with Gasteiger partial charge in [0.15, 0.2) is 0 Å². The molecule has 2 heterocycles. The molecule has 4 nitrogen and oxygen atoms in total. The summed E-state index contributed by atoms with van der Waals surface area (Å²) in [5, 5.41) is 2.72. The fourth-order valence-corrected chi connectivity index (χ4v) is 1.19. The number of ether oxygens (including phenoxy) is 1. The molecule has 0 aliphatic carbocycles. The molecule has 0 spiro atoms. The summed E-state index contributed by atoms with van der Waals surface area (Å²) in [6.07, 6.45) is 0.384. The van der Waals surface area contributed by atoms with Crippen molar-refractivity contribution in [2.75, 3.05) is 11.9 Å². The Morgan fingerprint density at radius 1 is 1.54 bits per heavy atom. The van der Waals surface area contributed by atoms with Gasteiger partial charge in [0.2, 0.25) is 11.8 Å². The van der Waals surface area contributed by atoms with E-state index < -0.39 is 0 Å². The summed E-state index contributed by atoms with van der Waals surface area (Å²) in [4.78, 5) is 15.3. The number of rotatable bonds is 0. The molecule has 1 aromatic rings. The number of carbonyl (C=O) groups excluding carboxylic acids is 1. The Morgan fingerprint density at radius 3 is 3.23 bits per heavy atom. The highest BCUT2D eigenvalue weighted by Crippen LogP contribution is 2.24. The highest BCUT2D eigenvalue weighted by atomic mass is 16.5. The number of hydrogen-bond acceptors (Lipinski definition) is 3. The number of anilines is 1. The highest BCUT2D eigenvalue weighted by Gasteiger charge is 2.14. The minimum atomic E-state index is -0.0237.